The summed E-state index contributed by atoms with van der Waals surface area (Å²) in [7, 11) is 0. The van der Waals surface area contributed by atoms with E-state index in [1.807, 2.05) is 6.08 Å². The molecule has 0 radical (unpaired) electrons. The number of hydrogen-bond acceptors (Lipinski definition) is 0. The molecule has 0 bridgehead atoms. The lowest BCUT2D eigenvalue weighted by molar-refractivity contribution is 0.132. The van der Waals surface area contributed by atoms with Gasteiger partial charge in [0.25, 0.3) is 0 Å². The van der Waals surface area contributed by atoms with Crippen LogP contribution in [0.1, 0.15) is 60.3 Å². The van der Waals surface area contributed by atoms with E-state index < -0.39 is 0 Å². The molecule has 1 saturated carbocycles. The minimum absolute atomic E-state index is 0.695. The highest BCUT2D eigenvalue weighted by atomic mass is 14.4. The minimum atomic E-state index is 0.695. The normalized spacial score (nSPS) is 27.8. The molecule has 0 aromatic carbocycles. The first-order valence-electron chi connectivity index (χ1n) is 7.76. The third kappa shape index (κ3) is 4.30. The average molecular weight is 248 g/mol. The molecular formula is C18H32. The molecule has 0 aromatic rings. The molecule has 0 saturated heterocycles. The molecular weight excluding hydrogens is 216 g/mol. The first-order valence-corrected chi connectivity index (χ1v) is 7.76. The van der Waals surface area contributed by atoms with Crippen molar-refractivity contribution in [3.63, 3.8) is 0 Å². The predicted octanol–water partition coefficient (Wildman–Crippen LogP) is 5.85. The summed E-state index contributed by atoms with van der Waals surface area (Å²) in [6.07, 6.45) is 9.99. The van der Waals surface area contributed by atoms with Crippen LogP contribution < -0.4 is 0 Å². The van der Waals surface area contributed by atoms with Crippen LogP contribution in [0, 0.1) is 29.6 Å². The van der Waals surface area contributed by atoms with Crippen molar-refractivity contribution < 1.29 is 0 Å². The molecule has 0 aliphatic heterocycles. The van der Waals surface area contributed by atoms with Crippen molar-refractivity contribution in [3.8, 4) is 0 Å². The van der Waals surface area contributed by atoms with Gasteiger partial charge in [0.1, 0.15) is 0 Å². The van der Waals surface area contributed by atoms with Crippen LogP contribution in [0.15, 0.2) is 24.3 Å². The Labute approximate surface area is 115 Å². The smallest absolute Gasteiger partial charge is 0.0191 e. The first kappa shape index (κ1) is 15.5. The van der Waals surface area contributed by atoms with Gasteiger partial charge in [-0.3, -0.25) is 0 Å². The highest BCUT2D eigenvalue weighted by Crippen LogP contribution is 2.43. The van der Waals surface area contributed by atoms with Gasteiger partial charge in [0, 0.05) is 0 Å². The van der Waals surface area contributed by atoms with E-state index in [-0.39, 0.29) is 0 Å². The third-order valence-corrected chi connectivity index (χ3v) is 5.00. The van der Waals surface area contributed by atoms with Crippen molar-refractivity contribution in [2.24, 2.45) is 29.6 Å². The summed E-state index contributed by atoms with van der Waals surface area (Å²) >= 11 is 0. The Morgan fingerprint density at radius 3 is 2.11 bits per heavy atom. The van der Waals surface area contributed by atoms with Crippen LogP contribution in [-0.4, -0.2) is 0 Å². The van der Waals surface area contributed by atoms with E-state index in [9.17, 15) is 0 Å². The summed E-state index contributed by atoms with van der Waals surface area (Å²) in [5, 5.41) is 0. The Balaban J connectivity index is 2.25. The van der Waals surface area contributed by atoms with Crippen molar-refractivity contribution in [1.82, 2.24) is 0 Å². The Hall–Kier alpha value is -0.520. The topological polar surface area (TPSA) is 0 Å². The molecule has 2 unspecified atom stereocenters. The van der Waals surface area contributed by atoms with Crippen LogP contribution in [-0.2, 0) is 0 Å². The van der Waals surface area contributed by atoms with Gasteiger partial charge < -0.3 is 0 Å². The van der Waals surface area contributed by atoms with Gasteiger partial charge in [-0.25, -0.2) is 0 Å². The molecule has 0 aromatic heterocycles. The lowest BCUT2D eigenvalue weighted by atomic mass is 9.67. The second-order valence-electron chi connectivity index (χ2n) is 6.79. The van der Waals surface area contributed by atoms with Gasteiger partial charge in [-0.2, -0.15) is 0 Å². The molecule has 0 heteroatoms. The summed E-state index contributed by atoms with van der Waals surface area (Å²) in [4.78, 5) is 0. The average Bonchev–Trinajstić information content (AvgIpc) is 2.27. The molecule has 1 fully saturated rings. The Morgan fingerprint density at radius 2 is 1.67 bits per heavy atom. The molecule has 18 heavy (non-hydrogen) atoms. The molecule has 0 nitrogen and oxygen atoms in total. The van der Waals surface area contributed by atoms with Gasteiger partial charge in [-0.15, -0.1) is 0 Å². The van der Waals surface area contributed by atoms with Crippen molar-refractivity contribution in [2.45, 2.75) is 60.3 Å². The molecule has 1 aliphatic carbocycles. The van der Waals surface area contributed by atoms with E-state index in [1.165, 1.54) is 31.3 Å². The van der Waals surface area contributed by atoms with Crippen LogP contribution in [0.4, 0.5) is 0 Å². The first-order chi connectivity index (χ1) is 8.47. The van der Waals surface area contributed by atoms with Gasteiger partial charge in [-0.05, 0) is 62.2 Å². The summed E-state index contributed by atoms with van der Waals surface area (Å²) in [6.45, 7) is 15.5. The van der Waals surface area contributed by atoms with Crippen LogP contribution in [0.5, 0.6) is 0 Å². The second-order valence-corrected chi connectivity index (χ2v) is 6.79. The quantitative estimate of drug-likeness (QED) is 0.495. The standard InChI is InChI=1S/C18H32/c1-7-18(8-2)15(6)10-17-11-16(12-17)9-14(5)13(3)4/h7-8,13-17H,1,9-12H2,2-6H3. The van der Waals surface area contributed by atoms with Crippen molar-refractivity contribution in [2.75, 3.05) is 0 Å². The summed E-state index contributed by atoms with van der Waals surface area (Å²) in [5.41, 5.74) is 1.42. The third-order valence-electron chi connectivity index (χ3n) is 5.00. The molecule has 0 amide bonds. The van der Waals surface area contributed by atoms with Crippen LogP contribution in [0.2, 0.25) is 0 Å². The Morgan fingerprint density at radius 1 is 1.11 bits per heavy atom. The molecule has 1 rings (SSSR count). The van der Waals surface area contributed by atoms with Crippen molar-refractivity contribution in [3.05, 3.63) is 24.3 Å². The van der Waals surface area contributed by atoms with Gasteiger partial charge in [-0.1, -0.05) is 52.0 Å². The zero-order chi connectivity index (χ0) is 13.7. The fraction of sp³-hybridized carbons (Fsp3) is 0.778. The maximum atomic E-state index is 3.91. The van der Waals surface area contributed by atoms with Crippen LogP contribution in [0.3, 0.4) is 0 Å². The maximum absolute atomic E-state index is 3.91. The van der Waals surface area contributed by atoms with E-state index in [0.29, 0.717) is 5.92 Å². The van der Waals surface area contributed by atoms with E-state index in [1.54, 1.807) is 0 Å². The summed E-state index contributed by atoms with van der Waals surface area (Å²) < 4.78 is 0. The lowest BCUT2D eigenvalue weighted by Gasteiger charge is -2.39. The largest absolute Gasteiger partial charge is 0.0988 e. The maximum Gasteiger partial charge on any atom is -0.0191 e. The fourth-order valence-corrected chi connectivity index (χ4v) is 3.30. The monoisotopic (exact) mass is 248 g/mol. The minimum Gasteiger partial charge on any atom is -0.0988 e. The molecule has 2 atom stereocenters. The molecule has 0 heterocycles. The Bertz CT molecular complexity index is 278. The SMILES string of the molecule is C=CC(=CC)C(C)CC1CC(CC(C)C(C)C)C1. The molecule has 1 aliphatic rings. The number of rotatable bonds is 7. The highest BCUT2D eigenvalue weighted by molar-refractivity contribution is 5.18. The van der Waals surface area contributed by atoms with E-state index >= 15 is 0 Å². The zero-order valence-electron chi connectivity index (χ0n) is 13.1. The van der Waals surface area contributed by atoms with Crippen LogP contribution >= 0.6 is 0 Å². The number of hydrogen-bond donors (Lipinski definition) is 0. The van der Waals surface area contributed by atoms with Crippen LogP contribution in [0.25, 0.3) is 0 Å². The van der Waals surface area contributed by atoms with Crippen molar-refractivity contribution in [1.29, 1.82) is 0 Å². The van der Waals surface area contributed by atoms with Gasteiger partial charge in [0.2, 0.25) is 0 Å². The van der Waals surface area contributed by atoms with E-state index in [4.69, 9.17) is 0 Å². The van der Waals surface area contributed by atoms with E-state index in [2.05, 4.69) is 47.3 Å². The van der Waals surface area contributed by atoms with Gasteiger partial charge in [0.05, 0.1) is 0 Å². The summed E-state index contributed by atoms with van der Waals surface area (Å²) in [5.74, 6) is 4.42. The molecule has 0 spiro atoms. The summed E-state index contributed by atoms with van der Waals surface area (Å²) in [6, 6.07) is 0. The van der Waals surface area contributed by atoms with Crippen molar-refractivity contribution >= 4 is 0 Å². The fourth-order valence-electron chi connectivity index (χ4n) is 3.30. The zero-order valence-corrected chi connectivity index (χ0v) is 13.1. The van der Waals surface area contributed by atoms with E-state index in [0.717, 1.165) is 23.7 Å². The molecule has 104 valence electrons. The second kappa shape index (κ2) is 7.16. The Kier molecular flexibility index (Phi) is 6.18. The highest BCUT2D eigenvalue weighted by Gasteiger charge is 2.31. The lowest BCUT2D eigenvalue weighted by Crippen LogP contribution is -2.27. The van der Waals surface area contributed by atoms with Gasteiger partial charge >= 0.3 is 0 Å². The predicted molar refractivity (Wildman–Crippen MR) is 82.6 cm³/mol. The number of allylic oxidation sites excluding steroid dienone is 3. The molecule has 0 N–H and O–H groups in total. The van der Waals surface area contributed by atoms with Gasteiger partial charge in [0.15, 0.2) is 0 Å².